The van der Waals surface area contributed by atoms with Gasteiger partial charge in [-0.1, -0.05) is 0 Å². The van der Waals surface area contributed by atoms with Crippen molar-refractivity contribution in [2.24, 2.45) is 11.5 Å². The highest BCUT2D eigenvalue weighted by atomic mass is 32.1. The highest BCUT2D eigenvalue weighted by Gasteiger charge is 2.25. The third kappa shape index (κ3) is 21.3. The molecule has 6 amide bonds. The number of aliphatic carboxylic acids is 2. The summed E-state index contributed by atoms with van der Waals surface area (Å²) in [6, 6.07) is -5.07. The van der Waals surface area contributed by atoms with Crippen molar-refractivity contribution in [2.45, 2.75) is 69.1 Å². The van der Waals surface area contributed by atoms with E-state index >= 15 is 0 Å². The van der Waals surface area contributed by atoms with Crippen molar-refractivity contribution in [3.8, 4) is 0 Å². The van der Waals surface area contributed by atoms with E-state index in [1.807, 2.05) is 0 Å². The largest absolute Gasteiger partial charge is 0.480 e. The Morgan fingerprint density at radius 3 is 1.56 bits per heavy atom. The Morgan fingerprint density at radius 1 is 0.583 bits per heavy atom. The summed E-state index contributed by atoms with van der Waals surface area (Å²) in [7, 11) is 0. The Labute approximate surface area is 289 Å². The number of nitrogens with one attached hydrogen (secondary N) is 7. The molecule has 0 aromatic rings. The maximum atomic E-state index is 12.4. The summed E-state index contributed by atoms with van der Waals surface area (Å²) >= 11 is 8.02. The van der Waals surface area contributed by atoms with E-state index in [1.54, 1.807) is 0 Å². The van der Waals surface area contributed by atoms with E-state index in [0.29, 0.717) is 13.1 Å². The molecule has 274 valence electrons. The van der Waals surface area contributed by atoms with Gasteiger partial charge in [0.15, 0.2) is 0 Å². The first kappa shape index (κ1) is 44.3. The molecule has 19 nitrogen and oxygen atoms in total. The van der Waals surface area contributed by atoms with Crippen LogP contribution in [0.2, 0.25) is 0 Å². The number of amides is 6. The van der Waals surface area contributed by atoms with Gasteiger partial charge in [-0.05, 0) is 51.7 Å². The predicted octanol–water partition coefficient (Wildman–Crippen LogP) is -4.58. The van der Waals surface area contributed by atoms with Gasteiger partial charge in [-0.15, -0.1) is 0 Å². The average molecular weight is 724 g/mol. The van der Waals surface area contributed by atoms with Crippen molar-refractivity contribution >= 4 is 72.6 Å². The minimum atomic E-state index is -1.52. The number of unbranched alkanes of at least 4 members (excludes halogenated alkanes) is 1. The topological polar surface area (TPSA) is 313 Å². The molecule has 13 N–H and O–H groups in total. The molecular weight excluding hydrogens is 674 g/mol. The lowest BCUT2D eigenvalue weighted by molar-refractivity contribution is -0.142. The number of thiol groups is 2. The molecule has 0 saturated heterocycles. The van der Waals surface area contributed by atoms with Crippen LogP contribution in [0, 0.1) is 0 Å². The molecule has 0 aromatic carbocycles. The van der Waals surface area contributed by atoms with Crippen molar-refractivity contribution in [3.63, 3.8) is 0 Å². The number of hydrogen-bond acceptors (Lipinski definition) is 13. The van der Waals surface area contributed by atoms with Crippen molar-refractivity contribution in [1.29, 1.82) is 0 Å². The zero-order chi connectivity index (χ0) is 36.5. The molecule has 0 spiro atoms. The van der Waals surface area contributed by atoms with Crippen molar-refractivity contribution < 1.29 is 48.6 Å². The zero-order valence-electron chi connectivity index (χ0n) is 26.6. The highest BCUT2D eigenvalue weighted by Crippen LogP contribution is 2.01. The van der Waals surface area contributed by atoms with Crippen LogP contribution >= 0.6 is 25.3 Å². The molecule has 21 heteroatoms. The van der Waals surface area contributed by atoms with E-state index in [1.165, 1.54) is 0 Å². The van der Waals surface area contributed by atoms with E-state index in [4.69, 9.17) is 16.6 Å². The van der Waals surface area contributed by atoms with E-state index < -0.39 is 84.5 Å². The van der Waals surface area contributed by atoms with E-state index in [0.717, 1.165) is 32.4 Å². The molecule has 0 aliphatic rings. The first-order valence-electron chi connectivity index (χ1n) is 15.3. The first-order valence-corrected chi connectivity index (χ1v) is 16.6. The number of carboxylic acid groups (broad SMARTS) is 2. The van der Waals surface area contributed by atoms with Gasteiger partial charge in [0.2, 0.25) is 35.4 Å². The molecule has 0 aromatic heterocycles. The van der Waals surface area contributed by atoms with E-state index in [2.05, 4.69) is 62.5 Å². The molecule has 0 aliphatic carbocycles. The smallest absolute Gasteiger partial charge is 0.326 e. The second kappa shape index (κ2) is 26.3. The monoisotopic (exact) mass is 723 g/mol. The van der Waals surface area contributed by atoms with Crippen molar-refractivity contribution in [3.05, 3.63) is 0 Å². The fraction of sp³-hybridized carbons (Fsp3) is 0.704. The number of nitrogens with two attached hydrogens (primary N) is 2. The molecule has 0 aliphatic heterocycles. The molecule has 0 rings (SSSR count). The molecule has 48 heavy (non-hydrogen) atoms. The Bertz CT molecular complexity index is 1090. The van der Waals surface area contributed by atoms with Crippen LogP contribution < -0.4 is 48.7 Å². The number of hydrogen-bond donors (Lipinski definition) is 13. The summed E-state index contributed by atoms with van der Waals surface area (Å²) in [5.41, 5.74) is 10.8. The van der Waals surface area contributed by atoms with Crippen LogP contribution in [0.3, 0.4) is 0 Å². The van der Waals surface area contributed by atoms with Crippen molar-refractivity contribution in [1.82, 2.24) is 37.2 Å². The summed E-state index contributed by atoms with van der Waals surface area (Å²) in [6.07, 6.45) is 1.27. The molecule has 0 saturated carbocycles. The van der Waals surface area contributed by atoms with Gasteiger partial charge in [0.1, 0.15) is 24.2 Å². The fourth-order valence-corrected chi connectivity index (χ4v) is 4.22. The van der Waals surface area contributed by atoms with Gasteiger partial charge < -0.3 is 58.9 Å². The summed E-state index contributed by atoms with van der Waals surface area (Å²) in [5.74, 6) is -7.19. The molecule has 0 fully saturated rings. The first-order chi connectivity index (χ1) is 22.7. The molecule has 4 atom stereocenters. The Hall–Kier alpha value is -3.66. The maximum absolute atomic E-state index is 12.4. The Balaban J connectivity index is 4.58. The highest BCUT2D eigenvalue weighted by molar-refractivity contribution is 7.80. The van der Waals surface area contributed by atoms with Crippen LogP contribution in [0.4, 0.5) is 0 Å². The second-order valence-corrected chi connectivity index (χ2v) is 11.2. The van der Waals surface area contributed by atoms with Crippen LogP contribution in [0.5, 0.6) is 0 Å². The van der Waals surface area contributed by atoms with Crippen LogP contribution in [0.1, 0.15) is 44.9 Å². The Kier molecular flexibility index (Phi) is 24.3. The Morgan fingerprint density at radius 2 is 1.06 bits per heavy atom. The van der Waals surface area contributed by atoms with E-state index in [-0.39, 0.29) is 37.3 Å². The summed E-state index contributed by atoms with van der Waals surface area (Å²) < 4.78 is 0. The van der Waals surface area contributed by atoms with Crippen LogP contribution in [0.25, 0.3) is 0 Å². The van der Waals surface area contributed by atoms with E-state index in [9.17, 15) is 43.5 Å². The number of carbonyl (C=O) groups is 8. The predicted molar refractivity (Wildman–Crippen MR) is 180 cm³/mol. The van der Waals surface area contributed by atoms with Gasteiger partial charge in [-0.2, -0.15) is 25.3 Å². The average Bonchev–Trinajstić information content (AvgIpc) is 3.05. The third-order valence-electron chi connectivity index (χ3n) is 6.47. The quantitative estimate of drug-likeness (QED) is 0.0281. The second-order valence-electron chi connectivity index (χ2n) is 10.5. The summed E-state index contributed by atoms with van der Waals surface area (Å²) in [6.45, 7) is 1.68. The van der Waals surface area contributed by atoms with Gasteiger partial charge in [0.05, 0.1) is 13.1 Å². The lowest BCUT2D eigenvalue weighted by atomic mass is 10.1. The molecular formula is C27H49N9O10S2. The van der Waals surface area contributed by atoms with Crippen LogP contribution in [-0.2, 0) is 38.4 Å². The summed E-state index contributed by atoms with van der Waals surface area (Å²) in [4.78, 5) is 95.9. The number of carbonyl (C=O) groups excluding carboxylic acids is 6. The maximum Gasteiger partial charge on any atom is 0.326 e. The number of carboxylic acids is 2. The molecule has 0 bridgehead atoms. The normalized spacial score (nSPS) is 13.2. The third-order valence-corrected chi connectivity index (χ3v) is 7.20. The minimum Gasteiger partial charge on any atom is -0.480 e. The van der Waals surface area contributed by atoms with Crippen LogP contribution in [0.15, 0.2) is 0 Å². The van der Waals surface area contributed by atoms with Gasteiger partial charge >= 0.3 is 11.9 Å². The number of rotatable bonds is 27. The van der Waals surface area contributed by atoms with Gasteiger partial charge in [0, 0.05) is 30.9 Å². The van der Waals surface area contributed by atoms with Crippen LogP contribution in [-0.4, -0.2) is 133 Å². The molecule has 0 radical (unpaired) electrons. The minimum absolute atomic E-state index is 0.112. The standard InChI is InChI=1S/C27H49N9O10S2/c28-8-3-10-30-9-1-2-11-31-22(39)12-32-24(41)18(14-47)36-21(38)7-5-17(27(45)46)34-23(40)13-33-25(42)19(15-48)35-20(37)6-4-16(29)26(43)44/h16-19,30,47-48H,1-15,28-29H2,(H,31,39)(H,32,41)(H,33,42)(H,34,40)(H,35,37)(H,36,38)(H,43,44)(H,45,46)/t16-,17-,18-,19-/m0/s1. The summed E-state index contributed by atoms with van der Waals surface area (Å²) in [5, 5.41) is 35.7. The SMILES string of the molecule is NCCCNCCCCNC(=O)CNC(=O)[C@H](CS)NC(=O)CC[C@H](NC(=O)CNC(=O)[C@H](CS)NC(=O)CC[C@H](N)C(=O)O)C(=O)O. The lowest BCUT2D eigenvalue weighted by Crippen LogP contribution is -2.52. The molecule has 0 heterocycles. The molecule has 0 unspecified atom stereocenters. The zero-order valence-corrected chi connectivity index (χ0v) is 28.4. The van der Waals surface area contributed by atoms with Gasteiger partial charge in [0.25, 0.3) is 0 Å². The lowest BCUT2D eigenvalue weighted by Gasteiger charge is -2.19. The van der Waals surface area contributed by atoms with Gasteiger partial charge in [-0.25, -0.2) is 4.79 Å². The van der Waals surface area contributed by atoms with Gasteiger partial charge in [-0.3, -0.25) is 33.6 Å². The van der Waals surface area contributed by atoms with Crippen molar-refractivity contribution in [2.75, 3.05) is 50.8 Å². The fourth-order valence-electron chi connectivity index (χ4n) is 3.71.